The number of anilines is 1. The van der Waals surface area contributed by atoms with Crippen LogP contribution in [0.3, 0.4) is 0 Å². The lowest BCUT2D eigenvalue weighted by molar-refractivity contribution is 0.583. The summed E-state index contributed by atoms with van der Waals surface area (Å²) < 4.78 is 12.5. The van der Waals surface area contributed by atoms with Crippen LogP contribution in [-0.4, -0.2) is 18.1 Å². The van der Waals surface area contributed by atoms with Gasteiger partial charge in [-0.3, -0.25) is 0 Å². The molecule has 13 heavy (non-hydrogen) atoms. The molecule has 1 aromatic rings. The maximum absolute atomic E-state index is 12.5. The van der Waals surface area contributed by atoms with E-state index in [4.69, 9.17) is 0 Å². The Balaban J connectivity index is 2.13. The van der Waals surface area contributed by atoms with Crippen LogP contribution in [0.2, 0.25) is 0 Å². The minimum absolute atomic E-state index is 0.406. The molecule has 1 aliphatic heterocycles. The van der Waals surface area contributed by atoms with Gasteiger partial charge >= 0.3 is 0 Å². The Hall–Kier alpha value is -1.12. The van der Waals surface area contributed by atoms with Gasteiger partial charge in [0, 0.05) is 13.1 Å². The monoisotopic (exact) mass is 180 g/mol. The second-order valence-electron chi connectivity index (χ2n) is 3.68. The summed E-state index contributed by atoms with van der Waals surface area (Å²) in [7, 11) is 0. The first kappa shape index (κ1) is 8.48. The van der Waals surface area contributed by atoms with Crippen molar-refractivity contribution in [3.63, 3.8) is 0 Å². The maximum atomic E-state index is 12.5. The second-order valence-corrected chi connectivity index (χ2v) is 3.68. The van der Waals surface area contributed by atoms with Crippen LogP contribution in [0.1, 0.15) is 13.3 Å². The molecule has 70 valence electrons. The molecule has 1 saturated heterocycles. The van der Waals surface area contributed by atoms with Crippen LogP contribution >= 0.6 is 0 Å². The van der Waals surface area contributed by atoms with Gasteiger partial charge in [0.25, 0.3) is 0 Å². The highest BCUT2D eigenvalue weighted by atomic mass is 19.1. The predicted octanol–water partition coefficient (Wildman–Crippen LogP) is 2.07. The van der Waals surface area contributed by atoms with Crippen molar-refractivity contribution in [2.75, 3.05) is 18.0 Å². The molecule has 0 aromatic carbocycles. The zero-order valence-electron chi connectivity index (χ0n) is 7.70. The number of hydrogen-bond donors (Lipinski definition) is 0. The lowest BCUT2D eigenvalue weighted by Gasteiger charge is -2.17. The Morgan fingerprint density at radius 3 is 2.92 bits per heavy atom. The summed E-state index contributed by atoms with van der Waals surface area (Å²) in [4.78, 5) is 5.89. The first-order valence-corrected chi connectivity index (χ1v) is 4.62. The zero-order chi connectivity index (χ0) is 9.26. The SMILES string of the molecule is C[C@H]1CCN(c2ccc(F)nc2)C1. The van der Waals surface area contributed by atoms with Gasteiger partial charge in [0.1, 0.15) is 0 Å². The number of rotatable bonds is 1. The number of nitrogens with zero attached hydrogens (tertiary/aromatic N) is 2. The third kappa shape index (κ3) is 1.79. The number of hydrogen-bond acceptors (Lipinski definition) is 2. The van der Waals surface area contributed by atoms with E-state index in [1.165, 1.54) is 12.5 Å². The fraction of sp³-hybridized carbons (Fsp3) is 0.500. The molecule has 1 atom stereocenters. The molecule has 2 heterocycles. The van der Waals surface area contributed by atoms with Gasteiger partial charge in [-0.25, -0.2) is 4.98 Å². The topological polar surface area (TPSA) is 16.1 Å². The van der Waals surface area contributed by atoms with Gasteiger partial charge in [-0.2, -0.15) is 4.39 Å². The van der Waals surface area contributed by atoms with Crippen molar-refractivity contribution in [2.45, 2.75) is 13.3 Å². The Labute approximate surface area is 77.4 Å². The van der Waals surface area contributed by atoms with Crippen molar-refractivity contribution in [1.82, 2.24) is 4.98 Å². The van der Waals surface area contributed by atoms with Gasteiger partial charge in [-0.1, -0.05) is 6.92 Å². The standard InChI is InChI=1S/C10H13FN2/c1-8-4-5-13(7-8)9-2-3-10(11)12-6-9/h2-3,6,8H,4-5,7H2,1H3/t8-/m0/s1. The molecule has 0 saturated carbocycles. The number of pyridine rings is 1. The summed E-state index contributed by atoms with van der Waals surface area (Å²) in [6, 6.07) is 3.21. The molecule has 0 N–H and O–H groups in total. The molecule has 1 aliphatic rings. The molecule has 2 nitrogen and oxygen atoms in total. The molecule has 2 rings (SSSR count). The average Bonchev–Trinajstić information content (AvgIpc) is 2.53. The first-order valence-electron chi connectivity index (χ1n) is 4.62. The van der Waals surface area contributed by atoms with Crippen molar-refractivity contribution < 1.29 is 4.39 Å². The lowest BCUT2D eigenvalue weighted by atomic mass is 10.2. The van der Waals surface area contributed by atoms with Gasteiger partial charge in [0.2, 0.25) is 5.95 Å². The third-order valence-electron chi connectivity index (χ3n) is 2.50. The second kappa shape index (κ2) is 3.32. The van der Waals surface area contributed by atoms with E-state index >= 15 is 0 Å². The molecule has 1 fully saturated rings. The van der Waals surface area contributed by atoms with Crippen LogP contribution < -0.4 is 4.90 Å². The van der Waals surface area contributed by atoms with Crippen LogP contribution in [0.25, 0.3) is 0 Å². The van der Waals surface area contributed by atoms with Crippen LogP contribution in [0, 0.1) is 11.9 Å². The van der Waals surface area contributed by atoms with Crippen molar-refractivity contribution in [1.29, 1.82) is 0 Å². The highest BCUT2D eigenvalue weighted by molar-refractivity contribution is 5.44. The van der Waals surface area contributed by atoms with E-state index in [2.05, 4.69) is 16.8 Å². The minimum Gasteiger partial charge on any atom is -0.370 e. The highest BCUT2D eigenvalue weighted by Gasteiger charge is 2.18. The molecular weight excluding hydrogens is 167 g/mol. The van der Waals surface area contributed by atoms with E-state index in [1.54, 1.807) is 12.3 Å². The van der Waals surface area contributed by atoms with E-state index in [0.29, 0.717) is 0 Å². The minimum atomic E-state index is -0.406. The Bertz CT molecular complexity index is 283. The van der Waals surface area contributed by atoms with Gasteiger partial charge in [0.15, 0.2) is 0 Å². The van der Waals surface area contributed by atoms with Crippen LogP contribution in [-0.2, 0) is 0 Å². The summed E-state index contributed by atoms with van der Waals surface area (Å²) in [5.41, 5.74) is 1.03. The normalized spacial score (nSPS) is 22.3. The largest absolute Gasteiger partial charge is 0.370 e. The van der Waals surface area contributed by atoms with Gasteiger partial charge in [0.05, 0.1) is 11.9 Å². The van der Waals surface area contributed by atoms with E-state index in [9.17, 15) is 4.39 Å². The fourth-order valence-electron chi connectivity index (χ4n) is 1.72. The number of halogens is 1. The Kier molecular flexibility index (Phi) is 2.17. The highest BCUT2D eigenvalue weighted by Crippen LogP contribution is 2.22. The van der Waals surface area contributed by atoms with Crippen molar-refractivity contribution in [2.24, 2.45) is 5.92 Å². The first-order chi connectivity index (χ1) is 6.25. The lowest BCUT2D eigenvalue weighted by Crippen LogP contribution is -2.19. The smallest absolute Gasteiger partial charge is 0.212 e. The molecule has 0 bridgehead atoms. The summed E-state index contributed by atoms with van der Waals surface area (Å²) in [5, 5.41) is 0. The van der Waals surface area contributed by atoms with E-state index in [-0.39, 0.29) is 0 Å². The quantitative estimate of drug-likeness (QED) is 0.615. The molecule has 0 amide bonds. The summed E-state index contributed by atoms with van der Waals surface area (Å²) in [6.45, 7) is 4.36. The molecule has 1 aromatic heterocycles. The third-order valence-corrected chi connectivity index (χ3v) is 2.50. The molecule has 0 spiro atoms. The van der Waals surface area contributed by atoms with E-state index < -0.39 is 5.95 Å². The van der Waals surface area contributed by atoms with Crippen LogP contribution in [0.4, 0.5) is 10.1 Å². The summed E-state index contributed by atoms with van der Waals surface area (Å²) in [5.74, 6) is 0.334. The summed E-state index contributed by atoms with van der Waals surface area (Å²) in [6.07, 6.45) is 2.82. The Morgan fingerprint density at radius 2 is 2.38 bits per heavy atom. The van der Waals surface area contributed by atoms with E-state index in [0.717, 1.165) is 24.7 Å². The average molecular weight is 180 g/mol. The van der Waals surface area contributed by atoms with Crippen molar-refractivity contribution in [3.8, 4) is 0 Å². The predicted molar refractivity (Wildman–Crippen MR) is 50.2 cm³/mol. The van der Waals surface area contributed by atoms with Crippen LogP contribution in [0.5, 0.6) is 0 Å². The van der Waals surface area contributed by atoms with Crippen molar-refractivity contribution >= 4 is 5.69 Å². The molecule has 3 heteroatoms. The Morgan fingerprint density at radius 1 is 1.54 bits per heavy atom. The van der Waals surface area contributed by atoms with Gasteiger partial charge in [-0.05, 0) is 24.5 Å². The molecule has 0 unspecified atom stereocenters. The maximum Gasteiger partial charge on any atom is 0.212 e. The van der Waals surface area contributed by atoms with Crippen LogP contribution in [0.15, 0.2) is 18.3 Å². The zero-order valence-corrected chi connectivity index (χ0v) is 7.70. The molecular formula is C10H13FN2. The van der Waals surface area contributed by atoms with Gasteiger partial charge in [-0.15, -0.1) is 0 Å². The van der Waals surface area contributed by atoms with Gasteiger partial charge < -0.3 is 4.90 Å². The number of aromatic nitrogens is 1. The van der Waals surface area contributed by atoms with E-state index in [1.807, 2.05) is 0 Å². The molecule has 0 radical (unpaired) electrons. The fourth-order valence-corrected chi connectivity index (χ4v) is 1.72. The summed E-state index contributed by atoms with van der Waals surface area (Å²) >= 11 is 0. The van der Waals surface area contributed by atoms with Crippen molar-refractivity contribution in [3.05, 3.63) is 24.3 Å². The molecule has 0 aliphatic carbocycles.